The Balaban J connectivity index is 2.22. The van der Waals surface area contributed by atoms with Crippen molar-refractivity contribution >= 4 is 22.1 Å². The van der Waals surface area contributed by atoms with E-state index in [-0.39, 0.29) is 19.7 Å². The fourth-order valence-corrected chi connectivity index (χ4v) is 4.91. The van der Waals surface area contributed by atoms with Crippen LogP contribution in [0.2, 0.25) is 0 Å². The van der Waals surface area contributed by atoms with E-state index in [4.69, 9.17) is 9.84 Å². The summed E-state index contributed by atoms with van der Waals surface area (Å²) in [5.74, 6) is -1.72. The van der Waals surface area contributed by atoms with Gasteiger partial charge in [0.25, 0.3) is 10.2 Å². The Morgan fingerprint density at radius 3 is 2.19 bits per heavy atom. The number of ether oxygens (including phenoxy) is 1. The molecule has 0 saturated carbocycles. The highest BCUT2D eigenvalue weighted by Gasteiger charge is 2.47. The summed E-state index contributed by atoms with van der Waals surface area (Å²) >= 11 is 0. The van der Waals surface area contributed by atoms with Crippen LogP contribution in [0.1, 0.15) is 32.6 Å². The molecule has 2 saturated heterocycles. The molecule has 2 aliphatic rings. The molecule has 0 bridgehead atoms. The molecular formula is C12H20N2O6S. The van der Waals surface area contributed by atoms with E-state index in [2.05, 4.69) is 0 Å². The summed E-state index contributed by atoms with van der Waals surface area (Å²) < 4.78 is 32.3. The molecule has 2 atom stereocenters. The molecule has 0 aromatic carbocycles. The third-order valence-corrected chi connectivity index (χ3v) is 5.90. The van der Waals surface area contributed by atoms with Gasteiger partial charge in [-0.2, -0.15) is 17.0 Å². The molecule has 0 aromatic heterocycles. The summed E-state index contributed by atoms with van der Waals surface area (Å²) in [6.45, 7) is 2.23. The predicted octanol–water partition coefficient (Wildman–Crippen LogP) is -0.192. The smallest absolute Gasteiger partial charge is 0.324 e. The zero-order chi connectivity index (χ0) is 15.6. The lowest BCUT2D eigenvalue weighted by molar-refractivity contribution is -0.146. The summed E-state index contributed by atoms with van der Waals surface area (Å²) in [4.78, 5) is 23.0. The molecule has 1 unspecified atom stereocenters. The Morgan fingerprint density at radius 2 is 1.67 bits per heavy atom. The van der Waals surface area contributed by atoms with Crippen LogP contribution in [0.25, 0.3) is 0 Å². The standard InChI is InChI=1S/C12H20N2O6S/c1-2-20-12(17)10-6-4-8-14(10)21(18,19)13-7-3-5-9(13)11(15)16/h9-10H,2-8H2,1H3,(H,15,16)/t9-,10?/m0/s1. The van der Waals surface area contributed by atoms with E-state index in [1.165, 1.54) is 0 Å². The Kier molecular flexibility index (Phi) is 4.84. The number of hydrogen-bond acceptors (Lipinski definition) is 5. The molecule has 21 heavy (non-hydrogen) atoms. The topological polar surface area (TPSA) is 104 Å². The van der Waals surface area contributed by atoms with Crippen molar-refractivity contribution in [3.8, 4) is 0 Å². The Hall–Kier alpha value is -1.19. The number of carbonyl (C=O) groups excluding carboxylic acids is 1. The average Bonchev–Trinajstić information content (AvgIpc) is 3.08. The summed E-state index contributed by atoms with van der Waals surface area (Å²) in [6, 6.07) is -1.89. The van der Waals surface area contributed by atoms with Crippen molar-refractivity contribution in [1.29, 1.82) is 0 Å². The van der Waals surface area contributed by atoms with E-state index in [0.717, 1.165) is 8.61 Å². The molecule has 0 aromatic rings. The van der Waals surface area contributed by atoms with Crippen molar-refractivity contribution in [2.75, 3.05) is 19.7 Å². The van der Waals surface area contributed by atoms with Crippen LogP contribution in [0.4, 0.5) is 0 Å². The molecule has 0 aliphatic carbocycles. The highest BCUT2D eigenvalue weighted by Crippen LogP contribution is 2.29. The van der Waals surface area contributed by atoms with Crippen LogP contribution in [0.5, 0.6) is 0 Å². The molecule has 8 nitrogen and oxygen atoms in total. The molecule has 0 spiro atoms. The highest BCUT2D eigenvalue weighted by atomic mass is 32.2. The van der Waals surface area contributed by atoms with E-state index < -0.39 is 34.2 Å². The number of nitrogens with zero attached hydrogens (tertiary/aromatic N) is 2. The Morgan fingerprint density at radius 1 is 1.14 bits per heavy atom. The van der Waals surface area contributed by atoms with Gasteiger partial charge in [0, 0.05) is 13.1 Å². The molecule has 2 heterocycles. The minimum atomic E-state index is -3.96. The Labute approximate surface area is 123 Å². The maximum absolute atomic E-state index is 12.6. The second-order valence-electron chi connectivity index (χ2n) is 5.14. The van der Waals surface area contributed by atoms with Gasteiger partial charge < -0.3 is 9.84 Å². The molecule has 9 heteroatoms. The number of aliphatic carboxylic acids is 1. The molecule has 2 rings (SSSR count). The van der Waals surface area contributed by atoms with E-state index in [9.17, 15) is 18.0 Å². The normalized spacial score (nSPS) is 27.9. The number of carboxylic acids is 1. The van der Waals surface area contributed by atoms with E-state index >= 15 is 0 Å². The van der Waals surface area contributed by atoms with E-state index in [1.807, 2.05) is 0 Å². The first-order valence-electron chi connectivity index (χ1n) is 7.07. The van der Waals surface area contributed by atoms with Gasteiger partial charge in [-0.25, -0.2) is 0 Å². The lowest BCUT2D eigenvalue weighted by Gasteiger charge is -2.29. The second kappa shape index (κ2) is 6.29. The van der Waals surface area contributed by atoms with Crippen molar-refractivity contribution in [3.05, 3.63) is 0 Å². The van der Waals surface area contributed by atoms with Crippen LogP contribution in [0.15, 0.2) is 0 Å². The van der Waals surface area contributed by atoms with Gasteiger partial charge in [-0.1, -0.05) is 0 Å². The van der Waals surface area contributed by atoms with Gasteiger partial charge in [-0.15, -0.1) is 0 Å². The van der Waals surface area contributed by atoms with E-state index in [0.29, 0.717) is 25.7 Å². The summed E-state index contributed by atoms with van der Waals surface area (Å²) in [6.07, 6.45) is 1.78. The minimum Gasteiger partial charge on any atom is -0.480 e. The third kappa shape index (κ3) is 3.04. The van der Waals surface area contributed by atoms with Crippen LogP contribution in [-0.2, 0) is 24.5 Å². The van der Waals surface area contributed by atoms with Crippen LogP contribution in [0.3, 0.4) is 0 Å². The first kappa shape index (κ1) is 16.2. The average molecular weight is 320 g/mol. The summed E-state index contributed by atoms with van der Waals surface area (Å²) in [7, 11) is -3.96. The maximum atomic E-state index is 12.6. The van der Waals surface area contributed by atoms with Gasteiger partial charge in [0.1, 0.15) is 12.1 Å². The van der Waals surface area contributed by atoms with Gasteiger partial charge in [0.05, 0.1) is 6.61 Å². The zero-order valence-electron chi connectivity index (χ0n) is 11.9. The summed E-state index contributed by atoms with van der Waals surface area (Å²) in [5, 5.41) is 9.13. The van der Waals surface area contributed by atoms with Crippen molar-refractivity contribution in [2.45, 2.75) is 44.7 Å². The quantitative estimate of drug-likeness (QED) is 0.704. The lowest BCUT2D eigenvalue weighted by atomic mass is 10.2. The predicted molar refractivity (Wildman–Crippen MR) is 72.6 cm³/mol. The largest absolute Gasteiger partial charge is 0.480 e. The van der Waals surface area contributed by atoms with Crippen molar-refractivity contribution in [2.24, 2.45) is 0 Å². The maximum Gasteiger partial charge on any atom is 0.324 e. The molecule has 1 N–H and O–H groups in total. The van der Waals surface area contributed by atoms with E-state index in [1.54, 1.807) is 6.92 Å². The van der Waals surface area contributed by atoms with Crippen LogP contribution in [-0.4, -0.2) is 65.9 Å². The zero-order valence-corrected chi connectivity index (χ0v) is 12.7. The minimum absolute atomic E-state index is 0.172. The second-order valence-corrected chi connectivity index (χ2v) is 6.97. The third-order valence-electron chi connectivity index (χ3n) is 3.84. The van der Waals surface area contributed by atoms with Gasteiger partial charge in [-0.05, 0) is 32.6 Å². The number of esters is 1. The SMILES string of the molecule is CCOC(=O)C1CCCN1S(=O)(=O)N1CCC[C@H]1C(=O)O. The van der Waals surface area contributed by atoms with Gasteiger partial charge in [0.2, 0.25) is 0 Å². The number of rotatable bonds is 5. The van der Waals surface area contributed by atoms with Crippen molar-refractivity contribution in [3.63, 3.8) is 0 Å². The number of carbonyl (C=O) groups is 2. The van der Waals surface area contributed by atoms with Gasteiger partial charge >= 0.3 is 11.9 Å². The molecule has 0 amide bonds. The van der Waals surface area contributed by atoms with Crippen LogP contribution in [0, 0.1) is 0 Å². The first-order chi connectivity index (χ1) is 9.89. The molecule has 2 fully saturated rings. The molecule has 120 valence electrons. The van der Waals surface area contributed by atoms with Crippen molar-refractivity contribution in [1.82, 2.24) is 8.61 Å². The number of carboxylic acid groups (broad SMARTS) is 1. The Bertz CT molecular complexity index is 520. The number of hydrogen-bond donors (Lipinski definition) is 1. The van der Waals surface area contributed by atoms with Gasteiger partial charge in [-0.3, -0.25) is 9.59 Å². The first-order valence-corrected chi connectivity index (χ1v) is 8.47. The highest BCUT2D eigenvalue weighted by molar-refractivity contribution is 7.86. The lowest BCUT2D eigenvalue weighted by Crippen LogP contribution is -2.51. The van der Waals surface area contributed by atoms with Crippen LogP contribution >= 0.6 is 0 Å². The fraction of sp³-hybridized carbons (Fsp3) is 0.833. The molecular weight excluding hydrogens is 300 g/mol. The summed E-state index contributed by atoms with van der Waals surface area (Å²) in [5.41, 5.74) is 0. The van der Waals surface area contributed by atoms with Crippen molar-refractivity contribution < 1.29 is 27.9 Å². The van der Waals surface area contributed by atoms with Gasteiger partial charge in [0.15, 0.2) is 0 Å². The monoisotopic (exact) mass is 320 g/mol. The molecule has 0 radical (unpaired) electrons. The molecule has 2 aliphatic heterocycles. The van der Waals surface area contributed by atoms with Crippen LogP contribution < -0.4 is 0 Å². The fourth-order valence-electron chi connectivity index (χ4n) is 2.89.